The fourth-order valence-electron chi connectivity index (χ4n) is 17.5. The molecule has 0 bridgehead atoms. The van der Waals surface area contributed by atoms with E-state index in [1.807, 2.05) is 0 Å². The van der Waals surface area contributed by atoms with Gasteiger partial charge in [0.05, 0.1) is 64.1 Å². The highest BCUT2D eigenvalue weighted by molar-refractivity contribution is 5.17. The zero-order valence-corrected chi connectivity index (χ0v) is 48.1. The molecular formula is C56H92O29. The van der Waals surface area contributed by atoms with Crippen molar-refractivity contribution in [2.75, 3.05) is 39.6 Å². The van der Waals surface area contributed by atoms with E-state index in [0.29, 0.717) is 30.8 Å². The molecule has 7 heterocycles. The maximum atomic E-state index is 12.2. The Labute approximate surface area is 491 Å². The molecule has 0 aromatic carbocycles. The van der Waals surface area contributed by atoms with E-state index in [-0.39, 0.29) is 48.0 Å². The van der Waals surface area contributed by atoms with Crippen molar-refractivity contribution in [1.29, 1.82) is 0 Å². The maximum absolute atomic E-state index is 12.2. The molecule has 0 aromatic heterocycles. The number of aliphatic hydroxyl groups is 17. The summed E-state index contributed by atoms with van der Waals surface area (Å²) in [5, 5.41) is 188. The summed E-state index contributed by atoms with van der Waals surface area (Å²) in [5.41, 5.74) is -0.531. The number of rotatable bonds is 14. The third-order valence-corrected chi connectivity index (χ3v) is 22.2. The van der Waals surface area contributed by atoms with Crippen molar-refractivity contribution in [1.82, 2.24) is 0 Å². The van der Waals surface area contributed by atoms with Crippen molar-refractivity contribution in [2.24, 2.45) is 52.3 Å². The molecule has 7 aliphatic heterocycles. The minimum absolute atomic E-state index is 0.0247. The van der Waals surface area contributed by atoms with E-state index in [4.69, 9.17) is 56.8 Å². The predicted molar refractivity (Wildman–Crippen MR) is 278 cm³/mol. The largest absolute Gasteiger partial charge is 0.394 e. The molecule has 4 saturated carbocycles. The van der Waals surface area contributed by atoms with Gasteiger partial charge in [-0.05, 0) is 91.3 Å². The van der Waals surface area contributed by atoms with Gasteiger partial charge in [-0.2, -0.15) is 0 Å². The van der Waals surface area contributed by atoms with E-state index in [2.05, 4.69) is 27.7 Å². The van der Waals surface area contributed by atoms with Crippen LogP contribution in [-0.2, 0) is 56.8 Å². The first kappa shape index (κ1) is 65.3. The molecule has 29 heteroatoms. The van der Waals surface area contributed by atoms with Crippen molar-refractivity contribution in [3.05, 3.63) is 0 Å². The second-order valence-corrected chi connectivity index (χ2v) is 27.0. The van der Waals surface area contributed by atoms with Gasteiger partial charge in [-0.15, -0.1) is 0 Å². The van der Waals surface area contributed by atoms with Crippen molar-refractivity contribution in [3.8, 4) is 0 Å². The lowest BCUT2D eigenvalue weighted by atomic mass is 9.43. The van der Waals surface area contributed by atoms with E-state index < -0.39 is 210 Å². The van der Waals surface area contributed by atoms with Crippen LogP contribution in [0.2, 0.25) is 0 Å². The molecule has 7 saturated heterocycles. The van der Waals surface area contributed by atoms with E-state index >= 15 is 0 Å². The highest BCUT2D eigenvalue weighted by Crippen LogP contribution is 2.71. The Balaban J connectivity index is 0.800. The molecule has 0 amide bonds. The van der Waals surface area contributed by atoms with Gasteiger partial charge in [0.1, 0.15) is 116 Å². The third kappa shape index (κ3) is 11.4. The van der Waals surface area contributed by atoms with Crippen molar-refractivity contribution in [2.45, 2.75) is 257 Å². The van der Waals surface area contributed by atoms with Gasteiger partial charge in [0, 0.05) is 12.3 Å². The number of ether oxygens (including phenoxy) is 12. The van der Waals surface area contributed by atoms with Crippen molar-refractivity contribution >= 4 is 0 Å². The number of hydrogen-bond donors (Lipinski definition) is 17. The molecule has 4 aliphatic carbocycles. The van der Waals surface area contributed by atoms with Crippen LogP contribution in [0.25, 0.3) is 0 Å². The Bertz CT molecular complexity index is 2220. The van der Waals surface area contributed by atoms with Crippen LogP contribution in [0.15, 0.2) is 0 Å². The Morgan fingerprint density at radius 3 is 1.66 bits per heavy atom. The molecule has 0 aromatic rings. The van der Waals surface area contributed by atoms with Crippen molar-refractivity contribution < 1.29 is 144 Å². The van der Waals surface area contributed by atoms with Crippen LogP contribution < -0.4 is 0 Å². The third-order valence-electron chi connectivity index (χ3n) is 22.2. The standard InChI is InChI=1S/C56H92O29/c1-19-5-8-56(75-17-19)20(2)34-29(85-56)10-23-21-9-25(61)24-11-28(26(62)12-55(24,4)22(21)6-7-54(23,34)3)76-50-43(72)40(69)45(33(16-60)80-50)81-53-48(47(38(67)32(15-59)79-53)83-49-41(70)35(64)27(63)18-74-49)84-52-44(73)46(37(66)31(14-58)78-52)82-51-42(71)39(68)36(65)30(13-57)77-51/h19-53,57-73H,5-18H2,1-4H3/t19?,20-,21+,22?,23?,24+,25?,26+,27?,28-,29-,30?,31?,32?,33?,34-,35?,36?,37?,38?,39?,40?,41?,42?,43?,44?,45?,46?,47?,48?,49?,50?,51?,52?,53?,54-,55+,56+/m0/s1. The molecule has 38 atom stereocenters. The van der Waals surface area contributed by atoms with Gasteiger partial charge in [0.15, 0.2) is 37.2 Å². The molecule has 490 valence electrons. The maximum Gasteiger partial charge on any atom is 0.187 e. The van der Waals surface area contributed by atoms with Gasteiger partial charge in [-0.25, -0.2) is 0 Å². The summed E-state index contributed by atoms with van der Waals surface area (Å²) in [6, 6.07) is 0. The summed E-state index contributed by atoms with van der Waals surface area (Å²) < 4.78 is 72.8. The van der Waals surface area contributed by atoms with Gasteiger partial charge in [-0.3, -0.25) is 0 Å². The normalized spacial score (nSPS) is 58.1. The number of aliphatic hydroxyl groups excluding tert-OH is 17. The monoisotopic (exact) mass is 1230 g/mol. The SMILES string of the molecule is CC1CC[C@@]2(OC1)O[C@H]1CC3[C@@H]4CC(O)[C@H]5C[C@H](OC6OC(CO)C(OC7OC(CO)C(O)C(OC8OCC(O)C(O)C8O)C7OC7OC(CO)C(O)C(OC8OC(CO)C(O)C(O)C8O)C7O)C(O)C6O)[C@H](O)C[C@]5(C)C4CC[C@]3(C)[C@H]1[C@@H]2C. The first-order chi connectivity index (χ1) is 40.3. The lowest BCUT2D eigenvalue weighted by Gasteiger charge is -2.63. The van der Waals surface area contributed by atoms with Crippen LogP contribution >= 0.6 is 0 Å². The summed E-state index contributed by atoms with van der Waals surface area (Å²) in [4.78, 5) is 0. The molecule has 85 heavy (non-hydrogen) atoms. The van der Waals surface area contributed by atoms with E-state index in [1.54, 1.807) is 0 Å². The quantitative estimate of drug-likeness (QED) is 0.0719. The fraction of sp³-hybridized carbons (Fsp3) is 1.00. The van der Waals surface area contributed by atoms with Gasteiger partial charge >= 0.3 is 0 Å². The topological polar surface area (TPSA) is 455 Å². The van der Waals surface area contributed by atoms with Crippen LogP contribution in [-0.4, -0.2) is 304 Å². The minimum atomic E-state index is -2.22. The van der Waals surface area contributed by atoms with E-state index in [0.717, 1.165) is 32.1 Å². The molecule has 28 unspecified atom stereocenters. The minimum Gasteiger partial charge on any atom is -0.394 e. The molecule has 11 aliphatic rings. The second-order valence-electron chi connectivity index (χ2n) is 27.0. The second kappa shape index (κ2) is 25.4. The smallest absolute Gasteiger partial charge is 0.187 e. The average molecular weight is 1230 g/mol. The number of fused-ring (bicyclic) bond motifs is 7. The van der Waals surface area contributed by atoms with Gasteiger partial charge in [0.2, 0.25) is 0 Å². The molecule has 0 radical (unpaired) electrons. The molecule has 11 fully saturated rings. The molecule has 17 N–H and O–H groups in total. The van der Waals surface area contributed by atoms with E-state index in [1.165, 1.54) is 0 Å². The Kier molecular flexibility index (Phi) is 19.5. The zero-order valence-electron chi connectivity index (χ0n) is 48.1. The van der Waals surface area contributed by atoms with Crippen LogP contribution in [0.5, 0.6) is 0 Å². The molecule has 11 rings (SSSR count). The highest BCUT2D eigenvalue weighted by Gasteiger charge is 2.71. The van der Waals surface area contributed by atoms with Gasteiger partial charge in [-0.1, -0.05) is 27.7 Å². The first-order valence-electron chi connectivity index (χ1n) is 30.4. The molecular weight excluding hydrogens is 1140 g/mol. The van der Waals surface area contributed by atoms with E-state index in [9.17, 15) is 86.8 Å². The summed E-state index contributed by atoms with van der Waals surface area (Å²) in [6.07, 6.45) is -42.9. The van der Waals surface area contributed by atoms with Crippen LogP contribution in [0.1, 0.15) is 79.1 Å². The van der Waals surface area contributed by atoms with Crippen LogP contribution in [0.4, 0.5) is 0 Å². The predicted octanol–water partition coefficient (Wildman–Crippen LogP) is -6.50. The summed E-state index contributed by atoms with van der Waals surface area (Å²) >= 11 is 0. The lowest BCUT2D eigenvalue weighted by molar-refractivity contribution is -0.410. The molecule has 1 spiro atoms. The van der Waals surface area contributed by atoms with Crippen molar-refractivity contribution in [3.63, 3.8) is 0 Å². The van der Waals surface area contributed by atoms with Gasteiger partial charge in [0.25, 0.3) is 0 Å². The zero-order chi connectivity index (χ0) is 61.1. The number of hydrogen-bond acceptors (Lipinski definition) is 29. The summed E-state index contributed by atoms with van der Waals surface area (Å²) in [6.45, 7) is 5.31. The fourth-order valence-corrected chi connectivity index (χ4v) is 17.5. The van der Waals surface area contributed by atoms with Crippen LogP contribution in [0, 0.1) is 52.3 Å². The van der Waals surface area contributed by atoms with Crippen LogP contribution in [0.3, 0.4) is 0 Å². The summed E-state index contributed by atoms with van der Waals surface area (Å²) in [5.74, 6) is 0.754. The highest BCUT2D eigenvalue weighted by atomic mass is 16.8. The average Bonchev–Trinajstić information content (AvgIpc) is 1.69. The Hall–Kier alpha value is -1.16. The summed E-state index contributed by atoms with van der Waals surface area (Å²) in [7, 11) is 0. The Morgan fingerprint density at radius 1 is 0.435 bits per heavy atom. The molecule has 29 nitrogen and oxygen atoms in total. The lowest BCUT2D eigenvalue weighted by Crippen LogP contribution is -2.69. The Morgan fingerprint density at radius 2 is 1.00 bits per heavy atom. The first-order valence-corrected chi connectivity index (χ1v) is 30.4. The van der Waals surface area contributed by atoms with Gasteiger partial charge < -0.3 is 144 Å².